The number of hydrogen-bond acceptors (Lipinski definition) is 1. The van der Waals surface area contributed by atoms with E-state index in [1.165, 1.54) is 77.6 Å². The van der Waals surface area contributed by atoms with Gasteiger partial charge in [-0.15, -0.1) is 0 Å². The van der Waals surface area contributed by atoms with Gasteiger partial charge in [0.05, 0.1) is 22.6 Å². The summed E-state index contributed by atoms with van der Waals surface area (Å²) in [5.74, 6) is 0.374. The molecule has 0 saturated carbocycles. The van der Waals surface area contributed by atoms with Crippen molar-refractivity contribution >= 4 is 44.8 Å². The molecule has 0 aliphatic heterocycles. The first-order valence-electron chi connectivity index (χ1n) is 22.3. The third-order valence-corrected chi connectivity index (χ3v) is 13.1. The summed E-state index contributed by atoms with van der Waals surface area (Å²) in [4.78, 5) is 2.45. The lowest BCUT2D eigenvalue weighted by Gasteiger charge is -2.30. The second kappa shape index (κ2) is 15.9. The molecule has 302 valence electrons. The monoisotopic (exact) mass is 816 g/mol. The van der Waals surface area contributed by atoms with Gasteiger partial charge in [0.1, 0.15) is 0 Å². The first-order chi connectivity index (χ1) is 31.7. The molecule has 2 aliphatic carbocycles. The molecule has 64 heavy (non-hydrogen) atoms. The Balaban J connectivity index is 1.02. The summed E-state index contributed by atoms with van der Waals surface area (Å²) >= 11 is 0. The average Bonchev–Trinajstić information content (AvgIpc) is 3.69. The van der Waals surface area contributed by atoms with Crippen LogP contribution in [0.5, 0.6) is 0 Å². The Morgan fingerprint density at radius 2 is 1.05 bits per heavy atom. The number of nitrogens with zero attached hydrogens (tertiary/aromatic N) is 2. The van der Waals surface area contributed by atoms with E-state index in [4.69, 9.17) is 0 Å². The molecule has 1 atom stereocenters. The van der Waals surface area contributed by atoms with Crippen LogP contribution in [0.1, 0.15) is 11.3 Å². The SMILES string of the molecule is C1=CC2=Cc3c(n(-c4ccccc4-c4ccc(N(c5ccccc5-c5ccccc5)c5ccc(-c6ccc7ccccc7c6)cc5-c5ccccc5)cc4)c4ccccc34)CC2C=C1. The molecule has 0 fully saturated rings. The minimum Gasteiger partial charge on any atom is -0.312 e. The molecule has 2 nitrogen and oxygen atoms in total. The molecule has 2 aliphatic rings. The fourth-order valence-corrected chi connectivity index (χ4v) is 10.0. The van der Waals surface area contributed by atoms with Crippen molar-refractivity contribution in [2.24, 2.45) is 5.92 Å². The van der Waals surface area contributed by atoms with Gasteiger partial charge in [-0.2, -0.15) is 0 Å². The predicted octanol–water partition coefficient (Wildman–Crippen LogP) is 16.6. The van der Waals surface area contributed by atoms with Gasteiger partial charge in [-0.1, -0.05) is 194 Å². The fraction of sp³-hybridized carbons (Fsp3) is 0.0323. The highest BCUT2D eigenvalue weighted by atomic mass is 15.1. The van der Waals surface area contributed by atoms with Crippen molar-refractivity contribution in [2.45, 2.75) is 6.42 Å². The van der Waals surface area contributed by atoms with Crippen LogP contribution in [0.25, 0.3) is 77.9 Å². The van der Waals surface area contributed by atoms with Crippen LogP contribution in [0, 0.1) is 5.92 Å². The van der Waals surface area contributed by atoms with Crippen LogP contribution in [-0.2, 0) is 6.42 Å². The maximum Gasteiger partial charge on any atom is 0.0540 e. The van der Waals surface area contributed by atoms with E-state index >= 15 is 0 Å². The maximum absolute atomic E-state index is 2.53. The molecule has 1 unspecified atom stereocenters. The average molecular weight is 817 g/mol. The highest BCUT2D eigenvalue weighted by Gasteiger charge is 2.27. The summed E-state index contributed by atoms with van der Waals surface area (Å²) in [6, 6.07) is 79.8. The van der Waals surface area contributed by atoms with E-state index in [9.17, 15) is 0 Å². The third kappa shape index (κ3) is 6.60. The molecule has 0 N–H and O–H groups in total. The summed E-state index contributed by atoms with van der Waals surface area (Å²) in [6.07, 6.45) is 12.4. The summed E-state index contributed by atoms with van der Waals surface area (Å²) in [5, 5.41) is 3.78. The zero-order valence-electron chi connectivity index (χ0n) is 35.4. The number of hydrogen-bond donors (Lipinski definition) is 0. The summed E-state index contributed by atoms with van der Waals surface area (Å²) in [5.41, 5.74) is 19.2. The number of aromatic nitrogens is 1. The van der Waals surface area contributed by atoms with Gasteiger partial charge < -0.3 is 9.47 Å². The number of allylic oxidation sites excluding steroid dienone is 5. The van der Waals surface area contributed by atoms with Crippen LogP contribution in [0.2, 0.25) is 0 Å². The Morgan fingerprint density at radius 3 is 1.88 bits per heavy atom. The van der Waals surface area contributed by atoms with Crippen LogP contribution in [0.3, 0.4) is 0 Å². The van der Waals surface area contributed by atoms with Crippen molar-refractivity contribution in [3.8, 4) is 50.2 Å². The highest BCUT2D eigenvalue weighted by Crippen LogP contribution is 2.47. The van der Waals surface area contributed by atoms with Crippen LogP contribution < -0.4 is 4.90 Å². The quantitative estimate of drug-likeness (QED) is 0.148. The van der Waals surface area contributed by atoms with Crippen molar-refractivity contribution in [2.75, 3.05) is 4.90 Å². The second-order valence-corrected chi connectivity index (χ2v) is 16.9. The molecule has 0 spiro atoms. The first-order valence-corrected chi connectivity index (χ1v) is 22.3. The van der Waals surface area contributed by atoms with E-state index in [1.807, 2.05) is 0 Å². The minimum absolute atomic E-state index is 0.374. The van der Waals surface area contributed by atoms with E-state index in [0.29, 0.717) is 5.92 Å². The lowest BCUT2D eigenvalue weighted by Crippen LogP contribution is -2.14. The van der Waals surface area contributed by atoms with Crippen molar-refractivity contribution in [1.82, 2.24) is 4.57 Å². The van der Waals surface area contributed by atoms with Crippen molar-refractivity contribution in [3.05, 3.63) is 260 Å². The predicted molar refractivity (Wildman–Crippen MR) is 271 cm³/mol. The van der Waals surface area contributed by atoms with Gasteiger partial charge in [0, 0.05) is 44.9 Å². The molecule has 1 aromatic heterocycles. The van der Waals surface area contributed by atoms with E-state index in [-0.39, 0.29) is 0 Å². The number of fused-ring (bicyclic) bond motifs is 5. The van der Waals surface area contributed by atoms with E-state index in [2.05, 4.69) is 258 Å². The van der Waals surface area contributed by atoms with Crippen molar-refractivity contribution < 1.29 is 0 Å². The van der Waals surface area contributed by atoms with E-state index in [1.54, 1.807) is 0 Å². The molecular weight excluding hydrogens is 773 g/mol. The molecule has 0 radical (unpaired) electrons. The van der Waals surface area contributed by atoms with Gasteiger partial charge in [0.15, 0.2) is 0 Å². The van der Waals surface area contributed by atoms with Crippen molar-refractivity contribution in [3.63, 3.8) is 0 Å². The molecule has 0 saturated heterocycles. The van der Waals surface area contributed by atoms with Gasteiger partial charge in [-0.05, 0) is 105 Å². The highest BCUT2D eigenvalue weighted by molar-refractivity contribution is 5.98. The third-order valence-electron chi connectivity index (χ3n) is 13.1. The zero-order valence-corrected chi connectivity index (χ0v) is 35.4. The molecular formula is C62H44N2. The van der Waals surface area contributed by atoms with Gasteiger partial charge in [-0.3, -0.25) is 0 Å². The standard InChI is InChI=1S/C62H44N2/c1-3-18-44(19-4-1)53-25-11-14-28-58(53)63(61-38-35-51(40-56(61)45-20-5-2-6-21-45)50-32-31-43-17-7-8-22-47(43)39-50)52-36-33-46(34-37-52)54-26-12-15-29-59(54)64-60-30-16-13-27-55(60)57-41-48-23-9-10-24-49(48)42-62(57)64/h1-41,49H,42H2. The zero-order chi connectivity index (χ0) is 42.4. The van der Waals surface area contributed by atoms with Crippen LogP contribution in [0.4, 0.5) is 17.1 Å². The first kappa shape index (κ1) is 37.6. The van der Waals surface area contributed by atoms with Crippen LogP contribution in [0.15, 0.2) is 248 Å². The Labute approximate surface area is 374 Å². The number of rotatable bonds is 8. The van der Waals surface area contributed by atoms with Crippen LogP contribution in [-0.4, -0.2) is 4.57 Å². The fourth-order valence-electron chi connectivity index (χ4n) is 10.0. The topological polar surface area (TPSA) is 8.17 Å². The number of para-hydroxylation sites is 3. The van der Waals surface area contributed by atoms with E-state index in [0.717, 1.165) is 34.6 Å². The molecule has 0 bridgehead atoms. The van der Waals surface area contributed by atoms with Gasteiger partial charge in [-0.25, -0.2) is 0 Å². The summed E-state index contributed by atoms with van der Waals surface area (Å²) in [6.45, 7) is 0. The molecule has 9 aromatic carbocycles. The van der Waals surface area contributed by atoms with E-state index < -0.39 is 0 Å². The summed E-state index contributed by atoms with van der Waals surface area (Å²) in [7, 11) is 0. The maximum atomic E-state index is 2.53. The Hall–Kier alpha value is -8.20. The Kier molecular flexibility index (Phi) is 9.34. The molecule has 10 aromatic rings. The Morgan fingerprint density at radius 1 is 0.438 bits per heavy atom. The largest absolute Gasteiger partial charge is 0.312 e. The smallest absolute Gasteiger partial charge is 0.0540 e. The van der Waals surface area contributed by atoms with Crippen LogP contribution >= 0.6 is 0 Å². The molecule has 12 rings (SSSR count). The lowest BCUT2D eigenvalue weighted by atomic mass is 9.83. The molecule has 1 heterocycles. The lowest BCUT2D eigenvalue weighted by molar-refractivity contribution is 0.727. The van der Waals surface area contributed by atoms with Gasteiger partial charge in [0.25, 0.3) is 0 Å². The molecule has 0 amide bonds. The van der Waals surface area contributed by atoms with Crippen molar-refractivity contribution in [1.29, 1.82) is 0 Å². The Bertz CT molecular complexity index is 3460. The minimum atomic E-state index is 0.374. The normalized spacial score (nSPS) is 14.0. The number of benzene rings is 9. The molecule has 2 heteroatoms. The number of anilines is 3. The van der Waals surface area contributed by atoms with Gasteiger partial charge >= 0.3 is 0 Å². The summed E-state index contributed by atoms with van der Waals surface area (Å²) < 4.78 is 2.53. The van der Waals surface area contributed by atoms with Gasteiger partial charge in [0.2, 0.25) is 0 Å². The second-order valence-electron chi connectivity index (χ2n) is 16.9.